The van der Waals surface area contributed by atoms with Crippen LogP contribution < -0.4 is 5.73 Å². The van der Waals surface area contributed by atoms with Crippen molar-refractivity contribution in [3.8, 4) is 0 Å². The van der Waals surface area contributed by atoms with Crippen molar-refractivity contribution in [3.05, 3.63) is 35.4 Å². The van der Waals surface area contributed by atoms with E-state index in [0.717, 1.165) is 6.07 Å². The van der Waals surface area contributed by atoms with Crippen molar-refractivity contribution in [3.63, 3.8) is 0 Å². The van der Waals surface area contributed by atoms with E-state index in [1.165, 1.54) is 12.1 Å². The van der Waals surface area contributed by atoms with Crippen LogP contribution in [0.2, 0.25) is 0 Å². The Bertz CT molecular complexity index is 362. The molecule has 1 aliphatic rings. The first-order valence-electron chi connectivity index (χ1n) is 4.94. The van der Waals surface area contributed by atoms with Gasteiger partial charge < -0.3 is 10.5 Å². The average Bonchev–Trinajstić information content (AvgIpc) is 2.18. The average molecular weight is 213 g/mol. The van der Waals surface area contributed by atoms with Crippen LogP contribution in [0.5, 0.6) is 0 Å². The van der Waals surface area contributed by atoms with Crippen molar-refractivity contribution in [2.45, 2.75) is 18.4 Å². The van der Waals surface area contributed by atoms with Gasteiger partial charge in [-0.15, -0.1) is 0 Å². The van der Waals surface area contributed by atoms with Gasteiger partial charge in [-0.1, -0.05) is 6.07 Å². The summed E-state index contributed by atoms with van der Waals surface area (Å²) >= 11 is 0. The molecule has 0 bridgehead atoms. The number of ether oxygens (including phenoxy) is 1. The molecule has 1 aliphatic heterocycles. The summed E-state index contributed by atoms with van der Waals surface area (Å²) in [5.41, 5.74) is 5.76. The van der Waals surface area contributed by atoms with Gasteiger partial charge in [-0.25, -0.2) is 8.78 Å². The van der Waals surface area contributed by atoms with Gasteiger partial charge in [0.05, 0.1) is 0 Å². The second-order valence-corrected chi connectivity index (χ2v) is 3.89. The number of benzene rings is 1. The van der Waals surface area contributed by atoms with Crippen molar-refractivity contribution >= 4 is 0 Å². The Labute approximate surface area is 87.0 Å². The summed E-state index contributed by atoms with van der Waals surface area (Å²) in [6.45, 7) is 1.04. The number of nitrogens with two attached hydrogens (primary N) is 1. The Morgan fingerprint density at radius 2 is 1.87 bits per heavy atom. The molecule has 1 aromatic carbocycles. The van der Waals surface area contributed by atoms with E-state index < -0.39 is 17.2 Å². The predicted molar refractivity (Wildman–Crippen MR) is 52.3 cm³/mol. The summed E-state index contributed by atoms with van der Waals surface area (Å²) in [6, 6.07) is 3.54. The van der Waals surface area contributed by atoms with Crippen LogP contribution in [0, 0.1) is 11.6 Å². The Balaban J connectivity index is 2.35. The molecule has 0 radical (unpaired) electrons. The third-order valence-corrected chi connectivity index (χ3v) is 2.85. The van der Waals surface area contributed by atoms with Crippen molar-refractivity contribution < 1.29 is 13.5 Å². The largest absolute Gasteiger partial charge is 0.381 e. The van der Waals surface area contributed by atoms with Crippen LogP contribution in [0.25, 0.3) is 0 Å². The normalized spacial score (nSPS) is 20.2. The van der Waals surface area contributed by atoms with E-state index in [-0.39, 0.29) is 0 Å². The van der Waals surface area contributed by atoms with Crippen LogP contribution in [-0.4, -0.2) is 13.2 Å². The molecular formula is C11H13F2NO. The first kappa shape index (κ1) is 10.5. The van der Waals surface area contributed by atoms with Gasteiger partial charge in [-0.2, -0.15) is 0 Å². The minimum absolute atomic E-state index is 0.382. The van der Waals surface area contributed by atoms with E-state index in [0.29, 0.717) is 31.6 Å². The standard InChI is InChI=1S/C11H13F2NO/c12-8-1-2-9(10(13)7-8)11(14)3-5-15-6-4-11/h1-2,7H,3-6,14H2. The molecule has 1 saturated heterocycles. The van der Waals surface area contributed by atoms with E-state index in [2.05, 4.69) is 0 Å². The van der Waals surface area contributed by atoms with Gasteiger partial charge >= 0.3 is 0 Å². The minimum Gasteiger partial charge on any atom is -0.381 e. The van der Waals surface area contributed by atoms with Crippen LogP contribution in [0.1, 0.15) is 18.4 Å². The lowest BCUT2D eigenvalue weighted by molar-refractivity contribution is 0.0510. The zero-order valence-corrected chi connectivity index (χ0v) is 8.30. The summed E-state index contributed by atoms with van der Waals surface area (Å²) < 4.78 is 31.4. The monoisotopic (exact) mass is 213 g/mol. The van der Waals surface area contributed by atoms with Gasteiger partial charge in [0.25, 0.3) is 0 Å². The summed E-state index contributed by atoms with van der Waals surface area (Å²) in [6.07, 6.45) is 1.13. The van der Waals surface area contributed by atoms with Gasteiger partial charge in [0.2, 0.25) is 0 Å². The van der Waals surface area contributed by atoms with Crippen molar-refractivity contribution in [1.29, 1.82) is 0 Å². The molecule has 1 aromatic rings. The molecule has 0 aromatic heterocycles. The highest BCUT2D eigenvalue weighted by Crippen LogP contribution is 2.31. The molecule has 0 amide bonds. The van der Waals surface area contributed by atoms with Gasteiger partial charge in [-0.3, -0.25) is 0 Å². The zero-order valence-electron chi connectivity index (χ0n) is 8.30. The van der Waals surface area contributed by atoms with E-state index >= 15 is 0 Å². The maximum absolute atomic E-state index is 13.5. The fourth-order valence-corrected chi connectivity index (χ4v) is 1.90. The lowest BCUT2D eigenvalue weighted by Crippen LogP contribution is -2.42. The fourth-order valence-electron chi connectivity index (χ4n) is 1.90. The summed E-state index contributed by atoms with van der Waals surface area (Å²) in [5.74, 6) is -1.15. The van der Waals surface area contributed by atoms with Crippen LogP contribution in [0.3, 0.4) is 0 Å². The van der Waals surface area contributed by atoms with E-state index in [4.69, 9.17) is 10.5 Å². The van der Waals surface area contributed by atoms with Crippen molar-refractivity contribution in [2.24, 2.45) is 5.73 Å². The predicted octanol–water partition coefficient (Wildman–Crippen LogP) is 1.93. The summed E-state index contributed by atoms with van der Waals surface area (Å²) in [4.78, 5) is 0. The third-order valence-electron chi connectivity index (χ3n) is 2.85. The maximum atomic E-state index is 13.5. The van der Waals surface area contributed by atoms with Crippen LogP contribution in [-0.2, 0) is 10.3 Å². The van der Waals surface area contributed by atoms with Crippen molar-refractivity contribution in [2.75, 3.05) is 13.2 Å². The van der Waals surface area contributed by atoms with Crippen LogP contribution in [0.4, 0.5) is 8.78 Å². The van der Waals surface area contributed by atoms with Gasteiger partial charge in [-0.05, 0) is 18.9 Å². The molecule has 15 heavy (non-hydrogen) atoms. The fraction of sp³-hybridized carbons (Fsp3) is 0.455. The van der Waals surface area contributed by atoms with E-state index in [9.17, 15) is 8.78 Å². The Kier molecular flexibility index (Phi) is 2.71. The van der Waals surface area contributed by atoms with E-state index in [1.54, 1.807) is 0 Å². The molecule has 0 saturated carbocycles. The Morgan fingerprint density at radius 1 is 1.20 bits per heavy atom. The van der Waals surface area contributed by atoms with E-state index in [1.807, 2.05) is 0 Å². The summed E-state index contributed by atoms with van der Waals surface area (Å²) in [5, 5.41) is 0. The second-order valence-electron chi connectivity index (χ2n) is 3.89. The Morgan fingerprint density at radius 3 is 2.47 bits per heavy atom. The molecule has 0 aliphatic carbocycles. The minimum atomic E-state index is -0.712. The molecular weight excluding hydrogens is 200 g/mol. The highest BCUT2D eigenvalue weighted by atomic mass is 19.1. The number of rotatable bonds is 1. The van der Waals surface area contributed by atoms with Gasteiger partial charge in [0, 0.05) is 30.4 Å². The molecule has 0 unspecified atom stereocenters. The summed E-state index contributed by atoms with van der Waals surface area (Å²) in [7, 11) is 0. The number of hydrogen-bond acceptors (Lipinski definition) is 2. The van der Waals surface area contributed by atoms with Crippen LogP contribution >= 0.6 is 0 Å². The lowest BCUT2D eigenvalue weighted by Gasteiger charge is -2.34. The first-order valence-corrected chi connectivity index (χ1v) is 4.94. The second kappa shape index (κ2) is 3.87. The molecule has 1 fully saturated rings. The molecule has 0 spiro atoms. The molecule has 1 heterocycles. The topological polar surface area (TPSA) is 35.2 Å². The highest BCUT2D eigenvalue weighted by molar-refractivity contribution is 5.27. The molecule has 2 N–H and O–H groups in total. The molecule has 4 heteroatoms. The smallest absolute Gasteiger partial charge is 0.131 e. The van der Waals surface area contributed by atoms with Gasteiger partial charge in [0.15, 0.2) is 0 Å². The molecule has 2 rings (SSSR count). The van der Waals surface area contributed by atoms with Gasteiger partial charge in [0.1, 0.15) is 11.6 Å². The zero-order chi connectivity index (χ0) is 10.9. The number of hydrogen-bond donors (Lipinski definition) is 1. The quantitative estimate of drug-likeness (QED) is 0.773. The molecule has 2 nitrogen and oxygen atoms in total. The van der Waals surface area contributed by atoms with Crippen LogP contribution in [0.15, 0.2) is 18.2 Å². The highest BCUT2D eigenvalue weighted by Gasteiger charge is 2.32. The maximum Gasteiger partial charge on any atom is 0.131 e. The van der Waals surface area contributed by atoms with Crippen molar-refractivity contribution in [1.82, 2.24) is 0 Å². The molecule has 82 valence electrons. The first-order chi connectivity index (χ1) is 7.12. The number of halogens is 2. The third kappa shape index (κ3) is 2.01. The SMILES string of the molecule is NC1(c2ccc(F)cc2F)CCOCC1. The lowest BCUT2D eigenvalue weighted by atomic mass is 9.83. The Hall–Kier alpha value is -1.00. The molecule has 0 atom stereocenters.